The maximum Gasteiger partial charge on any atom is 0.343 e. The van der Waals surface area contributed by atoms with E-state index in [1.807, 2.05) is 6.92 Å². The van der Waals surface area contributed by atoms with Crippen molar-refractivity contribution in [1.82, 2.24) is 0 Å². The van der Waals surface area contributed by atoms with Crippen LogP contribution in [0.1, 0.15) is 85.1 Å². The van der Waals surface area contributed by atoms with E-state index in [-0.39, 0.29) is 28.6 Å². The monoisotopic (exact) mass is 570 g/mol. The largest absolute Gasteiger partial charge is 0.427 e. The Morgan fingerprint density at radius 1 is 0.667 bits per heavy atom. The summed E-state index contributed by atoms with van der Waals surface area (Å²) in [7, 11) is 5.84. The average molecular weight is 570 g/mol. The molecule has 3 rings (SSSR count). The van der Waals surface area contributed by atoms with E-state index in [2.05, 4.69) is 6.92 Å². The van der Waals surface area contributed by atoms with Gasteiger partial charge in [0.2, 0.25) is 0 Å². The number of hydrogen-bond donors (Lipinski definition) is 0. The highest BCUT2D eigenvalue weighted by molar-refractivity contribution is 6.22. The molecule has 0 saturated heterocycles. The van der Waals surface area contributed by atoms with E-state index >= 15 is 0 Å². The first kappa shape index (κ1) is 32.1. The first-order valence-electron chi connectivity index (χ1n) is 14.1. The highest BCUT2D eigenvalue weighted by atomic mass is 16.5. The third kappa shape index (κ3) is 9.91. The summed E-state index contributed by atoms with van der Waals surface area (Å²) in [6.45, 7) is 5.79. The van der Waals surface area contributed by atoms with Crippen LogP contribution in [0.5, 0.6) is 23.0 Å². The Bertz CT molecular complexity index is 1370. The van der Waals surface area contributed by atoms with Crippen LogP contribution in [0.2, 0.25) is 5.82 Å². The number of aryl methyl sites for hydroxylation is 1. The maximum absolute atomic E-state index is 12.6. The van der Waals surface area contributed by atoms with Gasteiger partial charge in [0.25, 0.3) is 0 Å². The van der Waals surface area contributed by atoms with Crippen LogP contribution >= 0.6 is 0 Å². The molecule has 1 unspecified atom stereocenters. The lowest BCUT2D eigenvalue weighted by Crippen LogP contribution is -2.16. The molecule has 3 aromatic rings. The Labute approximate surface area is 247 Å². The van der Waals surface area contributed by atoms with Crippen LogP contribution in [0.15, 0.2) is 66.7 Å². The standard InChI is InChI=1S/C33H35BO8/c1-4-6-8-10-30(35)39-25-15-11-24(12-16-25)32(37)42-29-20-19-27(21-22(29)3)41-31(36)23-13-17-26(18-14-23)40-33(38)28(34)9-7-5-2/h11-21,28H,4-10H2,1-3H3. The van der Waals surface area contributed by atoms with E-state index < -0.39 is 23.7 Å². The van der Waals surface area contributed by atoms with Gasteiger partial charge in [0, 0.05) is 12.2 Å². The van der Waals surface area contributed by atoms with Crippen LogP contribution < -0.4 is 18.9 Å². The number of rotatable bonds is 14. The van der Waals surface area contributed by atoms with E-state index in [1.54, 1.807) is 25.1 Å². The summed E-state index contributed by atoms with van der Waals surface area (Å²) >= 11 is 0. The predicted octanol–water partition coefficient (Wildman–Crippen LogP) is 6.97. The number of unbranched alkanes of at least 4 members (excludes halogenated alkanes) is 3. The zero-order valence-electron chi connectivity index (χ0n) is 24.2. The Hall–Kier alpha value is -4.40. The Morgan fingerprint density at radius 2 is 1.21 bits per heavy atom. The fourth-order valence-electron chi connectivity index (χ4n) is 3.88. The van der Waals surface area contributed by atoms with E-state index in [9.17, 15) is 19.2 Å². The minimum Gasteiger partial charge on any atom is -0.427 e. The molecule has 2 radical (unpaired) electrons. The van der Waals surface area contributed by atoms with Gasteiger partial charge >= 0.3 is 23.9 Å². The van der Waals surface area contributed by atoms with Crippen LogP contribution in [-0.2, 0) is 9.59 Å². The van der Waals surface area contributed by atoms with Crippen molar-refractivity contribution in [3.8, 4) is 23.0 Å². The summed E-state index contributed by atoms with van der Waals surface area (Å²) in [6.07, 6.45) is 5.41. The van der Waals surface area contributed by atoms with Gasteiger partial charge < -0.3 is 18.9 Å². The second-order valence-electron chi connectivity index (χ2n) is 9.86. The SMILES string of the molecule is [B]C(CCCC)C(=O)Oc1ccc(C(=O)Oc2ccc(OC(=O)c3ccc(OC(=O)CCCCC)cc3)c(C)c2)cc1. The number of ether oxygens (including phenoxy) is 4. The molecule has 1 atom stereocenters. The van der Waals surface area contributed by atoms with Crippen LogP contribution in [0.4, 0.5) is 0 Å². The van der Waals surface area contributed by atoms with Gasteiger partial charge in [-0.25, -0.2) is 9.59 Å². The molecule has 0 aliphatic carbocycles. The Morgan fingerprint density at radius 3 is 1.79 bits per heavy atom. The minimum absolute atomic E-state index is 0.258. The highest BCUT2D eigenvalue weighted by Crippen LogP contribution is 2.26. The molecular formula is C33H35BO8. The lowest BCUT2D eigenvalue weighted by Gasteiger charge is -2.12. The molecule has 42 heavy (non-hydrogen) atoms. The first-order chi connectivity index (χ1) is 20.2. The molecule has 0 bridgehead atoms. The summed E-state index contributed by atoms with van der Waals surface area (Å²) < 4.78 is 21.5. The fraction of sp³-hybridized carbons (Fsp3) is 0.333. The van der Waals surface area contributed by atoms with Crippen molar-refractivity contribution in [2.24, 2.45) is 0 Å². The molecule has 0 amide bonds. The molecule has 218 valence electrons. The van der Waals surface area contributed by atoms with Gasteiger partial charge in [0.1, 0.15) is 23.0 Å². The van der Waals surface area contributed by atoms with Crippen molar-refractivity contribution in [3.63, 3.8) is 0 Å². The lowest BCUT2D eigenvalue weighted by atomic mass is 9.83. The minimum atomic E-state index is -0.697. The van der Waals surface area contributed by atoms with E-state index in [1.165, 1.54) is 48.5 Å². The Kier molecular flexibility index (Phi) is 12.4. The summed E-state index contributed by atoms with van der Waals surface area (Å²) in [5.41, 5.74) is 1.12. The smallest absolute Gasteiger partial charge is 0.343 e. The average Bonchev–Trinajstić information content (AvgIpc) is 2.98. The maximum atomic E-state index is 12.6. The van der Waals surface area contributed by atoms with Crippen LogP contribution in [0.3, 0.4) is 0 Å². The molecule has 0 aliphatic heterocycles. The molecule has 0 aliphatic rings. The van der Waals surface area contributed by atoms with Gasteiger partial charge in [0.05, 0.1) is 19.0 Å². The van der Waals surface area contributed by atoms with E-state index in [0.29, 0.717) is 29.9 Å². The number of benzene rings is 3. The van der Waals surface area contributed by atoms with Crippen molar-refractivity contribution >= 4 is 31.7 Å². The van der Waals surface area contributed by atoms with Crippen LogP contribution in [0, 0.1) is 6.92 Å². The van der Waals surface area contributed by atoms with Crippen molar-refractivity contribution < 1.29 is 38.1 Å². The molecule has 0 N–H and O–H groups in total. The lowest BCUT2D eigenvalue weighted by molar-refractivity contribution is -0.135. The second kappa shape index (κ2) is 16.1. The van der Waals surface area contributed by atoms with Gasteiger partial charge in [-0.1, -0.05) is 39.5 Å². The van der Waals surface area contributed by atoms with Gasteiger partial charge in [-0.2, -0.15) is 0 Å². The second-order valence-corrected chi connectivity index (χ2v) is 9.86. The topological polar surface area (TPSA) is 105 Å². The van der Waals surface area contributed by atoms with Gasteiger partial charge in [-0.3, -0.25) is 9.59 Å². The van der Waals surface area contributed by atoms with Gasteiger partial charge in [-0.15, -0.1) is 0 Å². The molecule has 0 aromatic heterocycles. The van der Waals surface area contributed by atoms with Crippen LogP contribution in [0.25, 0.3) is 0 Å². The molecule has 8 nitrogen and oxygen atoms in total. The summed E-state index contributed by atoms with van der Waals surface area (Å²) in [5, 5.41) is 0. The van der Waals surface area contributed by atoms with Gasteiger partial charge in [-0.05, 0) is 92.1 Å². The molecule has 0 spiro atoms. The number of hydrogen-bond acceptors (Lipinski definition) is 8. The zero-order chi connectivity index (χ0) is 30.5. The molecule has 9 heteroatoms. The third-order valence-corrected chi connectivity index (χ3v) is 6.35. The fourth-order valence-corrected chi connectivity index (χ4v) is 3.88. The summed E-state index contributed by atoms with van der Waals surface area (Å²) in [5.74, 6) is -1.52. The number of esters is 4. The van der Waals surface area contributed by atoms with Gasteiger partial charge in [0.15, 0.2) is 0 Å². The molecule has 0 saturated carbocycles. The van der Waals surface area contributed by atoms with Crippen molar-refractivity contribution in [3.05, 3.63) is 83.4 Å². The van der Waals surface area contributed by atoms with Crippen LogP contribution in [-0.4, -0.2) is 31.7 Å². The highest BCUT2D eigenvalue weighted by Gasteiger charge is 2.16. The molecule has 3 aromatic carbocycles. The predicted molar refractivity (Wildman–Crippen MR) is 158 cm³/mol. The Balaban J connectivity index is 1.53. The third-order valence-electron chi connectivity index (χ3n) is 6.35. The number of carbonyl (C=O) groups excluding carboxylic acids is 4. The van der Waals surface area contributed by atoms with Crippen molar-refractivity contribution in [2.45, 2.75) is 71.5 Å². The molecule has 0 heterocycles. The molecular weight excluding hydrogens is 535 g/mol. The summed E-state index contributed by atoms with van der Waals surface area (Å²) in [4.78, 5) is 49.2. The number of carbonyl (C=O) groups is 4. The first-order valence-corrected chi connectivity index (χ1v) is 14.1. The zero-order valence-corrected chi connectivity index (χ0v) is 24.2. The normalized spacial score (nSPS) is 11.3. The quantitative estimate of drug-likeness (QED) is 0.0886. The van der Waals surface area contributed by atoms with E-state index in [4.69, 9.17) is 26.8 Å². The summed E-state index contributed by atoms with van der Waals surface area (Å²) in [6, 6.07) is 16.7. The van der Waals surface area contributed by atoms with E-state index in [0.717, 1.165) is 32.1 Å². The van der Waals surface area contributed by atoms with Crippen molar-refractivity contribution in [2.75, 3.05) is 0 Å². The van der Waals surface area contributed by atoms with Crippen molar-refractivity contribution in [1.29, 1.82) is 0 Å². The molecule has 0 fully saturated rings.